The van der Waals surface area contributed by atoms with Gasteiger partial charge in [-0.25, -0.2) is 9.78 Å². The first-order valence-corrected chi connectivity index (χ1v) is 10.2. The van der Waals surface area contributed by atoms with Crippen molar-refractivity contribution in [1.82, 2.24) is 20.6 Å². The number of hydrogen-bond acceptors (Lipinski definition) is 6. The molecular weight excluding hydrogens is 370 g/mol. The van der Waals surface area contributed by atoms with Gasteiger partial charge in [-0.3, -0.25) is 9.59 Å². The van der Waals surface area contributed by atoms with Gasteiger partial charge < -0.3 is 26.5 Å². The molecule has 1 heterocycles. The summed E-state index contributed by atoms with van der Waals surface area (Å²) in [7, 11) is 0. The number of amides is 2. The Morgan fingerprint density at radius 3 is 2.44 bits per heavy atom. The molecule has 1 aromatic heterocycles. The van der Waals surface area contributed by atoms with Crippen LogP contribution in [0.25, 0.3) is 0 Å². The lowest BCUT2D eigenvalue weighted by Crippen LogP contribution is -2.55. The first-order chi connectivity index (χ1) is 12.7. The van der Waals surface area contributed by atoms with E-state index in [4.69, 9.17) is 5.73 Å². The predicted molar refractivity (Wildman–Crippen MR) is 104 cm³/mol. The molecule has 9 nitrogen and oxygen atoms in total. The Balaban J connectivity index is 2.73. The van der Waals surface area contributed by atoms with Crippen molar-refractivity contribution < 1.29 is 19.5 Å². The van der Waals surface area contributed by atoms with Crippen molar-refractivity contribution >= 4 is 29.5 Å². The zero-order valence-corrected chi connectivity index (χ0v) is 16.7. The van der Waals surface area contributed by atoms with E-state index in [9.17, 15) is 19.5 Å². The molecule has 0 aliphatic rings. The van der Waals surface area contributed by atoms with Crippen molar-refractivity contribution in [2.45, 2.75) is 51.2 Å². The van der Waals surface area contributed by atoms with Crippen LogP contribution in [0.15, 0.2) is 12.5 Å². The van der Waals surface area contributed by atoms with Crippen molar-refractivity contribution in [3.63, 3.8) is 0 Å². The average molecular weight is 400 g/mol. The van der Waals surface area contributed by atoms with E-state index in [-0.39, 0.29) is 12.3 Å². The topological polar surface area (TPSA) is 150 Å². The number of imidazole rings is 1. The molecule has 0 spiro atoms. The Labute approximate surface area is 163 Å². The van der Waals surface area contributed by atoms with Crippen molar-refractivity contribution in [2.75, 3.05) is 12.0 Å². The summed E-state index contributed by atoms with van der Waals surface area (Å²) in [6.45, 7) is 3.76. The predicted octanol–water partition coefficient (Wildman–Crippen LogP) is 0.133. The van der Waals surface area contributed by atoms with Crippen molar-refractivity contribution in [2.24, 2.45) is 11.7 Å². The summed E-state index contributed by atoms with van der Waals surface area (Å²) in [5.41, 5.74) is 6.62. The van der Waals surface area contributed by atoms with Crippen LogP contribution in [0.5, 0.6) is 0 Å². The maximum atomic E-state index is 12.6. The number of aliphatic carboxylic acids is 1. The molecule has 2 amide bonds. The van der Waals surface area contributed by atoms with Crippen LogP contribution >= 0.6 is 11.8 Å². The van der Waals surface area contributed by atoms with Crippen LogP contribution in [0.4, 0.5) is 0 Å². The van der Waals surface area contributed by atoms with E-state index in [1.807, 2.05) is 20.1 Å². The molecule has 1 rings (SSSR count). The van der Waals surface area contributed by atoms with Gasteiger partial charge >= 0.3 is 5.97 Å². The van der Waals surface area contributed by atoms with Crippen LogP contribution in [0, 0.1) is 5.92 Å². The number of carbonyl (C=O) groups excluding carboxylic acids is 2. The summed E-state index contributed by atoms with van der Waals surface area (Å²) in [5.74, 6) is -1.34. The maximum absolute atomic E-state index is 12.6. The van der Waals surface area contributed by atoms with E-state index in [1.165, 1.54) is 18.1 Å². The molecule has 0 bridgehead atoms. The molecule has 0 radical (unpaired) electrons. The lowest BCUT2D eigenvalue weighted by atomic mass is 10.0. The number of nitrogens with two attached hydrogens (primary N) is 1. The highest BCUT2D eigenvalue weighted by molar-refractivity contribution is 7.98. The molecule has 0 aliphatic heterocycles. The highest BCUT2D eigenvalue weighted by Crippen LogP contribution is 2.07. The number of carboxylic acids is 1. The van der Waals surface area contributed by atoms with Gasteiger partial charge in [-0.15, -0.1) is 0 Å². The SMILES string of the molecule is CSCCC(NC(=O)C(N)Cc1cnc[nH]1)C(=O)NC(CC(C)C)C(=O)O. The molecule has 3 unspecified atom stereocenters. The molecule has 0 saturated heterocycles. The molecule has 0 aromatic carbocycles. The minimum absolute atomic E-state index is 0.105. The summed E-state index contributed by atoms with van der Waals surface area (Å²) in [5, 5.41) is 14.5. The van der Waals surface area contributed by atoms with Crippen LogP contribution < -0.4 is 16.4 Å². The smallest absolute Gasteiger partial charge is 0.326 e. The van der Waals surface area contributed by atoms with Crippen molar-refractivity contribution in [3.8, 4) is 0 Å². The number of nitrogens with zero attached hydrogens (tertiary/aromatic N) is 1. The van der Waals surface area contributed by atoms with Gasteiger partial charge in [-0.2, -0.15) is 11.8 Å². The van der Waals surface area contributed by atoms with E-state index < -0.39 is 35.9 Å². The first-order valence-electron chi connectivity index (χ1n) is 8.79. The van der Waals surface area contributed by atoms with Crippen LogP contribution in [0.3, 0.4) is 0 Å². The summed E-state index contributed by atoms with van der Waals surface area (Å²) in [6.07, 6.45) is 5.91. The quantitative estimate of drug-likeness (QED) is 0.335. The number of hydrogen-bond donors (Lipinski definition) is 5. The maximum Gasteiger partial charge on any atom is 0.326 e. The molecule has 0 saturated carbocycles. The fourth-order valence-electron chi connectivity index (χ4n) is 2.47. The van der Waals surface area contributed by atoms with E-state index in [0.717, 1.165) is 0 Å². The lowest BCUT2D eigenvalue weighted by Gasteiger charge is -2.23. The number of rotatable bonds is 12. The molecule has 0 fully saturated rings. The molecule has 10 heteroatoms. The largest absolute Gasteiger partial charge is 0.480 e. The van der Waals surface area contributed by atoms with E-state index in [2.05, 4.69) is 20.6 Å². The summed E-state index contributed by atoms with van der Waals surface area (Å²) in [6, 6.07) is -2.68. The number of H-pyrrole nitrogens is 1. The fourth-order valence-corrected chi connectivity index (χ4v) is 2.95. The Bertz CT molecular complexity index is 608. The number of carbonyl (C=O) groups is 3. The molecule has 0 aliphatic carbocycles. The molecule has 3 atom stereocenters. The minimum Gasteiger partial charge on any atom is -0.480 e. The standard InChI is InChI=1S/C17H29N5O4S/c1-10(2)6-14(17(25)26)22-16(24)13(4-5-27-3)21-15(23)12(18)7-11-8-19-9-20-11/h8-10,12-14H,4-7,18H2,1-3H3,(H,19,20)(H,21,23)(H,22,24)(H,25,26). The van der Waals surface area contributed by atoms with Crippen molar-refractivity contribution in [3.05, 3.63) is 18.2 Å². The summed E-state index contributed by atoms with van der Waals surface area (Å²) < 4.78 is 0. The molecular formula is C17H29N5O4S. The minimum atomic E-state index is -1.09. The van der Waals surface area contributed by atoms with Gasteiger partial charge in [0, 0.05) is 18.3 Å². The van der Waals surface area contributed by atoms with Crippen LogP contribution in [-0.4, -0.2) is 63.0 Å². The monoisotopic (exact) mass is 399 g/mol. The summed E-state index contributed by atoms with van der Waals surface area (Å²) in [4.78, 5) is 43.1. The highest BCUT2D eigenvalue weighted by atomic mass is 32.2. The van der Waals surface area contributed by atoms with Gasteiger partial charge in [0.1, 0.15) is 12.1 Å². The normalized spacial score (nSPS) is 14.4. The number of aromatic amines is 1. The molecule has 6 N–H and O–H groups in total. The second kappa shape index (κ2) is 11.6. The van der Waals surface area contributed by atoms with Gasteiger partial charge in [-0.1, -0.05) is 13.8 Å². The van der Waals surface area contributed by atoms with E-state index in [1.54, 1.807) is 6.20 Å². The Kier molecular flexibility index (Phi) is 9.87. The van der Waals surface area contributed by atoms with Gasteiger partial charge in [0.15, 0.2) is 0 Å². The average Bonchev–Trinajstić information content (AvgIpc) is 3.09. The second-order valence-corrected chi connectivity index (χ2v) is 7.74. The number of thioether (sulfide) groups is 1. The third-order valence-corrected chi connectivity index (χ3v) is 4.54. The molecule has 152 valence electrons. The first kappa shape index (κ1) is 23.0. The number of nitrogens with one attached hydrogen (secondary N) is 3. The Morgan fingerprint density at radius 2 is 1.93 bits per heavy atom. The highest BCUT2D eigenvalue weighted by Gasteiger charge is 2.28. The fraction of sp³-hybridized carbons (Fsp3) is 0.647. The summed E-state index contributed by atoms with van der Waals surface area (Å²) >= 11 is 1.53. The third kappa shape index (κ3) is 8.44. The molecule has 1 aromatic rings. The van der Waals surface area contributed by atoms with E-state index in [0.29, 0.717) is 24.3 Å². The van der Waals surface area contributed by atoms with Crippen LogP contribution in [-0.2, 0) is 20.8 Å². The number of carboxylic acid groups (broad SMARTS) is 1. The van der Waals surface area contributed by atoms with Gasteiger partial charge in [0.25, 0.3) is 0 Å². The Hall–Kier alpha value is -2.07. The zero-order valence-electron chi connectivity index (χ0n) is 15.9. The van der Waals surface area contributed by atoms with Crippen molar-refractivity contribution in [1.29, 1.82) is 0 Å². The lowest BCUT2D eigenvalue weighted by molar-refractivity contribution is -0.142. The second-order valence-electron chi connectivity index (χ2n) is 6.76. The van der Waals surface area contributed by atoms with E-state index >= 15 is 0 Å². The molecule has 27 heavy (non-hydrogen) atoms. The van der Waals surface area contributed by atoms with Gasteiger partial charge in [0.05, 0.1) is 12.4 Å². The van der Waals surface area contributed by atoms with Gasteiger partial charge in [0.2, 0.25) is 11.8 Å². The zero-order chi connectivity index (χ0) is 20.4. The number of aromatic nitrogens is 2. The Morgan fingerprint density at radius 1 is 1.26 bits per heavy atom. The van der Waals surface area contributed by atoms with Gasteiger partial charge in [-0.05, 0) is 30.8 Å². The van der Waals surface area contributed by atoms with Crippen LogP contribution in [0.2, 0.25) is 0 Å². The van der Waals surface area contributed by atoms with Crippen LogP contribution in [0.1, 0.15) is 32.4 Å². The third-order valence-electron chi connectivity index (χ3n) is 3.90.